The molecule has 0 radical (unpaired) electrons. The van der Waals surface area contributed by atoms with Crippen LogP contribution in [0.4, 0.5) is 0 Å². The summed E-state index contributed by atoms with van der Waals surface area (Å²) in [7, 11) is 0. The third-order valence-corrected chi connectivity index (χ3v) is 3.40. The monoisotopic (exact) mass is 352 g/mol. The predicted octanol–water partition coefficient (Wildman–Crippen LogP) is 3.33. The van der Waals surface area contributed by atoms with E-state index in [4.69, 9.17) is 11.6 Å². The molecule has 0 amide bonds. The molecule has 0 aliphatic heterocycles. The van der Waals surface area contributed by atoms with Crippen molar-refractivity contribution in [2.45, 2.75) is 6.42 Å². The van der Waals surface area contributed by atoms with Crippen LogP contribution in [-0.4, -0.2) is 16.4 Å². The highest BCUT2D eigenvalue weighted by Gasteiger charge is 2.08. The van der Waals surface area contributed by atoms with Crippen molar-refractivity contribution in [3.63, 3.8) is 0 Å². The first-order valence-electron chi connectivity index (χ1n) is 4.10. The van der Waals surface area contributed by atoms with Crippen molar-refractivity contribution in [1.82, 2.24) is 0 Å². The summed E-state index contributed by atoms with van der Waals surface area (Å²) in [6.45, 7) is 0. The Morgan fingerprint density at radius 3 is 2.47 bits per heavy atom. The molecule has 0 unspecified atom stereocenters. The van der Waals surface area contributed by atoms with Crippen molar-refractivity contribution in [3.8, 4) is 0 Å². The van der Waals surface area contributed by atoms with Gasteiger partial charge in [0, 0.05) is 16.5 Å². The topological polar surface area (TPSA) is 34.1 Å². The van der Waals surface area contributed by atoms with E-state index in [1.165, 1.54) is 0 Å². The second-order valence-corrected chi connectivity index (χ2v) is 4.69. The van der Waals surface area contributed by atoms with Crippen LogP contribution in [0.3, 0.4) is 0 Å². The van der Waals surface area contributed by atoms with Crippen LogP contribution in [0.25, 0.3) is 0 Å². The van der Waals surface area contributed by atoms with Gasteiger partial charge in [-0.2, -0.15) is 0 Å². The molecule has 0 aromatic heterocycles. The van der Waals surface area contributed by atoms with Gasteiger partial charge in [-0.15, -0.1) is 0 Å². The van der Waals surface area contributed by atoms with E-state index >= 15 is 0 Å². The lowest BCUT2D eigenvalue weighted by molar-refractivity contribution is -0.115. The zero-order valence-corrected chi connectivity index (χ0v) is 11.5. The lowest BCUT2D eigenvalue weighted by Gasteiger charge is -2.03. The van der Waals surface area contributed by atoms with Crippen LogP contribution in [0.5, 0.6) is 0 Å². The number of halogens is 3. The van der Waals surface area contributed by atoms with E-state index in [1.54, 1.807) is 18.2 Å². The van der Waals surface area contributed by atoms with Crippen molar-refractivity contribution in [2.24, 2.45) is 0 Å². The van der Waals surface area contributed by atoms with Gasteiger partial charge in [0.25, 0.3) is 5.24 Å². The molecule has 0 saturated carbocycles. The van der Waals surface area contributed by atoms with Crippen molar-refractivity contribution in [1.29, 1.82) is 0 Å². The van der Waals surface area contributed by atoms with Gasteiger partial charge < -0.3 is 0 Å². The molecule has 0 fully saturated rings. The Labute approximate surface area is 109 Å². The Bertz CT molecular complexity index is 404. The van der Waals surface area contributed by atoms with Gasteiger partial charge in [0.2, 0.25) is 0 Å². The number of benzene rings is 1. The van der Waals surface area contributed by atoms with E-state index in [-0.39, 0.29) is 5.78 Å². The molecular weight excluding hydrogens is 347 g/mol. The molecule has 80 valence electrons. The first-order chi connectivity index (χ1) is 7.04. The summed E-state index contributed by atoms with van der Waals surface area (Å²) >= 11 is 11.7. The summed E-state index contributed by atoms with van der Waals surface area (Å²) in [6, 6.07) is 4.95. The van der Waals surface area contributed by atoms with Crippen molar-refractivity contribution < 1.29 is 9.59 Å². The smallest absolute Gasteiger partial charge is 0.252 e. The number of carbonyl (C=O) groups excluding carboxylic acids is 2. The highest BCUT2D eigenvalue weighted by Crippen LogP contribution is 2.20. The Hall–Kier alpha value is -0.190. The van der Waals surface area contributed by atoms with Gasteiger partial charge in [0.1, 0.15) is 5.78 Å². The van der Waals surface area contributed by atoms with E-state index in [1.807, 2.05) is 0 Å². The summed E-state index contributed by atoms with van der Waals surface area (Å²) in [5.74, 6) is 0.0839. The molecule has 5 heteroatoms. The lowest BCUT2D eigenvalue weighted by atomic mass is 10.1. The maximum absolute atomic E-state index is 11.2. The van der Waals surface area contributed by atoms with Gasteiger partial charge in [-0.1, -0.05) is 37.9 Å². The molecule has 0 aliphatic carbocycles. The summed E-state index contributed by atoms with van der Waals surface area (Å²) in [5.41, 5.74) is 1.26. The van der Waals surface area contributed by atoms with Gasteiger partial charge in [-0.05, 0) is 29.3 Å². The molecule has 0 aliphatic rings. The summed E-state index contributed by atoms with van der Waals surface area (Å²) in [6.07, 6.45) is 0.336. The minimum Gasteiger partial charge on any atom is -0.298 e. The van der Waals surface area contributed by atoms with E-state index in [9.17, 15) is 9.59 Å². The molecule has 0 saturated heterocycles. The van der Waals surface area contributed by atoms with Gasteiger partial charge in [-0.3, -0.25) is 9.59 Å². The molecule has 1 aromatic carbocycles. The van der Waals surface area contributed by atoms with Crippen molar-refractivity contribution in [3.05, 3.63) is 33.8 Å². The predicted molar refractivity (Wildman–Crippen MR) is 66.8 cm³/mol. The van der Waals surface area contributed by atoms with Crippen LogP contribution in [0, 0.1) is 0 Å². The van der Waals surface area contributed by atoms with Crippen LogP contribution in [0.1, 0.15) is 15.9 Å². The normalized spacial score (nSPS) is 10.1. The summed E-state index contributed by atoms with van der Waals surface area (Å²) < 4.78 is 0.725. The fraction of sp³-hybridized carbons (Fsp3) is 0.200. The number of hydrogen-bond donors (Lipinski definition) is 0. The summed E-state index contributed by atoms with van der Waals surface area (Å²) in [5, 5.41) is -0.176. The zero-order chi connectivity index (χ0) is 11.4. The van der Waals surface area contributed by atoms with Gasteiger partial charge >= 0.3 is 0 Å². The Morgan fingerprint density at radius 2 is 2.00 bits per heavy atom. The van der Waals surface area contributed by atoms with Gasteiger partial charge in [0.15, 0.2) is 0 Å². The van der Waals surface area contributed by atoms with E-state index in [2.05, 4.69) is 31.9 Å². The number of alkyl halides is 1. The van der Waals surface area contributed by atoms with Gasteiger partial charge in [-0.25, -0.2) is 0 Å². The van der Waals surface area contributed by atoms with E-state index in [0.717, 1.165) is 10.0 Å². The molecule has 0 bridgehead atoms. The molecule has 0 atom stereocenters. The van der Waals surface area contributed by atoms with E-state index in [0.29, 0.717) is 17.3 Å². The van der Waals surface area contributed by atoms with Crippen LogP contribution >= 0.6 is 43.5 Å². The second kappa shape index (κ2) is 5.77. The second-order valence-electron chi connectivity index (χ2n) is 2.93. The van der Waals surface area contributed by atoms with E-state index < -0.39 is 5.24 Å². The fourth-order valence-corrected chi connectivity index (χ4v) is 1.91. The number of rotatable bonds is 4. The maximum atomic E-state index is 11.2. The molecule has 15 heavy (non-hydrogen) atoms. The molecule has 0 spiro atoms. The Kier molecular flexibility index (Phi) is 4.96. The number of ketones is 1. The first kappa shape index (κ1) is 12.9. The molecule has 1 aromatic rings. The van der Waals surface area contributed by atoms with Crippen LogP contribution in [0.2, 0.25) is 0 Å². The SMILES string of the molecule is O=C(CBr)Cc1ccc(C(=O)Cl)cc1Br. The fourth-order valence-electron chi connectivity index (χ4n) is 1.07. The molecule has 0 N–H and O–H groups in total. The standard InChI is InChI=1S/C10H7Br2ClO2/c11-5-8(14)3-6-1-2-7(10(13)15)4-9(6)12/h1-2,4H,3,5H2. The Balaban J connectivity index is 2.93. The van der Waals surface area contributed by atoms with Crippen molar-refractivity contribution in [2.75, 3.05) is 5.33 Å². The third-order valence-electron chi connectivity index (χ3n) is 1.82. The van der Waals surface area contributed by atoms with Crippen LogP contribution in [0.15, 0.2) is 22.7 Å². The molecule has 2 nitrogen and oxygen atoms in total. The quantitative estimate of drug-likeness (QED) is 0.614. The molecular formula is C10H7Br2ClO2. The van der Waals surface area contributed by atoms with Crippen LogP contribution < -0.4 is 0 Å². The first-order valence-corrected chi connectivity index (χ1v) is 6.39. The number of Topliss-reactive ketones (excluding diaryl/α,β-unsaturated/α-hetero) is 1. The molecule has 0 heterocycles. The Morgan fingerprint density at radius 1 is 1.33 bits per heavy atom. The highest BCUT2D eigenvalue weighted by molar-refractivity contribution is 9.10. The van der Waals surface area contributed by atoms with Gasteiger partial charge in [0.05, 0.1) is 5.33 Å². The average Bonchev–Trinajstić information content (AvgIpc) is 2.20. The average molecular weight is 354 g/mol. The highest BCUT2D eigenvalue weighted by atomic mass is 79.9. The zero-order valence-electron chi connectivity index (χ0n) is 7.60. The largest absolute Gasteiger partial charge is 0.298 e. The third kappa shape index (κ3) is 3.70. The number of hydrogen-bond acceptors (Lipinski definition) is 2. The van der Waals surface area contributed by atoms with Crippen LogP contribution in [-0.2, 0) is 11.2 Å². The maximum Gasteiger partial charge on any atom is 0.252 e. The minimum atomic E-state index is -0.505. The lowest BCUT2D eigenvalue weighted by Crippen LogP contribution is -2.04. The number of carbonyl (C=O) groups is 2. The molecule has 1 rings (SSSR count). The minimum absolute atomic E-state index is 0.0839. The van der Waals surface area contributed by atoms with Crippen molar-refractivity contribution >= 4 is 54.5 Å². The summed E-state index contributed by atoms with van der Waals surface area (Å²) in [4.78, 5) is 22.0.